The maximum Gasteiger partial charge on any atom is 0.223 e. The molecular formula is C37H34O4. The fraction of sp³-hybridized carbons (Fsp3) is 0.189. The maximum atomic E-state index is 9.83. The lowest BCUT2D eigenvalue weighted by Gasteiger charge is -2.32. The van der Waals surface area contributed by atoms with Gasteiger partial charge in [-0.05, 0) is 74.7 Å². The van der Waals surface area contributed by atoms with E-state index >= 15 is 0 Å². The van der Waals surface area contributed by atoms with Crippen LogP contribution in [-0.4, -0.2) is 36.6 Å². The van der Waals surface area contributed by atoms with E-state index < -0.39 is 5.79 Å². The van der Waals surface area contributed by atoms with E-state index in [-0.39, 0.29) is 26.4 Å². The fourth-order valence-electron chi connectivity index (χ4n) is 5.85. The van der Waals surface area contributed by atoms with Gasteiger partial charge in [-0.1, -0.05) is 104 Å². The molecule has 4 heteroatoms. The Kier molecular flexibility index (Phi) is 7.82. The van der Waals surface area contributed by atoms with Crippen LogP contribution < -0.4 is 0 Å². The van der Waals surface area contributed by atoms with Crippen LogP contribution in [0.5, 0.6) is 0 Å². The standard InChI is InChI=1S/C37H34O4/c1-2-26-13-15-29(16-14-26)32-24-34-31-18-17-30(27-9-5-3-6-10-27)23-35(31)37(40-21-19-38,41-22-20-39)36(34)25-33(32)28-11-7-4-8-12-28/h3-18,23-25,38-39H,2,19-22H2,1H3. The monoisotopic (exact) mass is 542 g/mol. The molecule has 1 aliphatic carbocycles. The molecule has 0 atom stereocenters. The van der Waals surface area contributed by atoms with E-state index in [1.54, 1.807) is 0 Å². The molecule has 0 fully saturated rings. The molecule has 6 rings (SSSR count). The number of ether oxygens (including phenoxy) is 2. The van der Waals surface area contributed by atoms with Crippen LogP contribution in [0.3, 0.4) is 0 Å². The molecule has 4 nitrogen and oxygen atoms in total. The summed E-state index contributed by atoms with van der Waals surface area (Å²) in [5.41, 5.74) is 11.6. The molecule has 41 heavy (non-hydrogen) atoms. The van der Waals surface area contributed by atoms with Crippen molar-refractivity contribution < 1.29 is 19.7 Å². The van der Waals surface area contributed by atoms with Crippen LogP contribution >= 0.6 is 0 Å². The van der Waals surface area contributed by atoms with E-state index in [4.69, 9.17) is 9.47 Å². The fourth-order valence-corrected chi connectivity index (χ4v) is 5.85. The number of aliphatic hydroxyl groups is 2. The normalized spacial score (nSPS) is 13.1. The van der Waals surface area contributed by atoms with Gasteiger partial charge in [0.25, 0.3) is 0 Å². The largest absolute Gasteiger partial charge is 0.394 e. The zero-order valence-corrected chi connectivity index (χ0v) is 23.2. The first-order valence-corrected chi connectivity index (χ1v) is 14.2. The summed E-state index contributed by atoms with van der Waals surface area (Å²) in [5, 5.41) is 19.7. The van der Waals surface area contributed by atoms with Gasteiger partial charge in [-0.15, -0.1) is 0 Å². The highest BCUT2D eigenvalue weighted by Crippen LogP contribution is 2.54. The molecule has 0 radical (unpaired) electrons. The molecule has 0 aromatic heterocycles. The van der Waals surface area contributed by atoms with Gasteiger partial charge in [-0.2, -0.15) is 0 Å². The van der Waals surface area contributed by atoms with Crippen LogP contribution in [0.15, 0.2) is 115 Å². The Morgan fingerprint density at radius 1 is 0.512 bits per heavy atom. The van der Waals surface area contributed by atoms with Crippen molar-refractivity contribution in [3.8, 4) is 44.5 Å². The van der Waals surface area contributed by atoms with Gasteiger partial charge >= 0.3 is 0 Å². The van der Waals surface area contributed by atoms with Gasteiger partial charge in [0, 0.05) is 11.1 Å². The summed E-state index contributed by atoms with van der Waals surface area (Å²) in [7, 11) is 0. The van der Waals surface area contributed by atoms with E-state index in [0.29, 0.717) is 0 Å². The molecule has 0 saturated carbocycles. The van der Waals surface area contributed by atoms with Crippen molar-refractivity contribution >= 4 is 0 Å². The Morgan fingerprint density at radius 3 is 1.66 bits per heavy atom. The average molecular weight is 543 g/mol. The Bertz CT molecular complexity index is 1620. The number of aryl methyl sites for hydroxylation is 1. The third kappa shape index (κ3) is 5.01. The summed E-state index contributed by atoms with van der Waals surface area (Å²) < 4.78 is 12.9. The van der Waals surface area contributed by atoms with Gasteiger partial charge in [0.05, 0.1) is 26.4 Å². The first-order valence-electron chi connectivity index (χ1n) is 14.2. The van der Waals surface area contributed by atoms with Crippen LogP contribution in [-0.2, 0) is 21.7 Å². The van der Waals surface area contributed by atoms with Gasteiger partial charge in [0.2, 0.25) is 5.79 Å². The van der Waals surface area contributed by atoms with Crippen molar-refractivity contribution in [1.82, 2.24) is 0 Å². The van der Waals surface area contributed by atoms with Gasteiger partial charge < -0.3 is 19.7 Å². The predicted molar refractivity (Wildman–Crippen MR) is 164 cm³/mol. The number of hydrogen-bond donors (Lipinski definition) is 2. The SMILES string of the molecule is CCc1ccc(-c2cc3c(cc2-c2ccccc2)C(OCCO)(OCCO)c2cc(-c4ccccc4)ccc2-3)cc1. The molecule has 0 unspecified atom stereocenters. The van der Waals surface area contributed by atoms with Crippen LogP contribution in [0.2, 0.25) is 0 Å². The third-order valence-electron chi connectivity index (χ3n) is 7.83. The number of benzene rings is 5. The number of fused-ring (bicyclic) bond motifs is 3. The van der Waals surface area contributed by atoms with Crippen molar-refractivity contribution in [3.63, 3.8) is 0 Å². The van der Waals surface area contributed by atoms with Gasteiger partial charge in [0.15, 0.2) is 0 Å². The molecule has 5 aromatic rings. The van der Waals surface area contributed by atoms with Crippen molar-refractivity contribution in [2.75, 3.05) is 26.4 Å². The highest BCUT2D eigenvalue weighted by atomic mass is 16.7. The van der Waals surface area contributed by atoms with E-state index in [1.165, 1.54) is 5.56 Å². The summed E-state index contributed by atoms with van der Waals surface area (Å²) in [5.74, 6) is -1.28. The highest BCUT2D eigenvalue weighted by Gasteiger charge is 2.46. The second-order valence-corrected chi connectivity index (χ2v) is 10.2. The van der Waals surface area contributed by atoms with Crippen LogP contribution in [0.1, 0.15) is 23.6 Å². The first kappa shape index (κ1) is 27.1. The van der Waals surface area contributed by atoms with Gasteiger partial charge in [0.1, 0.15) is 0 Å². The third-order valence-corrected chi connectivity index (χ3v) is 7.83. The summed E-state index contributed by atoms with van der Waals surface area (Å²) in [4.78, 5) is 0. The van der Waals surface area contributed by atoms with Crippen molar-refractivity contribution in [3.05, 3.63) is 132 Å². The van der Waals surface area contributed by atoms with Crippen LogP contribution in [0, 0.1) is 0 Å². The Balaban J connectivity index is 1.63. The van der Waals surface area contributed by atoms with E-state index in [1.807, 2.05) is 36.4 Å². The topological polar surface area (TPSA) is 58.9 Å². The van der Waals surface area contributed by atoms with E-state index in [9.17, 15) is 10.2 Å². The lowest BCUT2D eigenvalue weighted by molar-refractivity contribution is -0.222. The molecule has 0 spiro atoms. The molecule has 0 heterocycles. The molecule has 0 bridgehead atoms. The zero-order valence-electron chi connectivity index (χ0n) is 23.2. The van der Waals surface area contributed by atoms with E-state index in [2.05, 4.69) is 85.8 Å². The predicted octanol–water partition coefficient (Wildman–Crippen LogP) is 7.45. The molecule has 0 amide bonds. The second kappa shape index (κ2) is 11.8. The highest BCUT2D eigenvalue weighted by molar-refractivity contribution is 5.92. The summed E-state index contributed by atoms with van der Waals surface area (Å²) in [6.07, 6.45) is 0.986. The number of rotatable bonds is 10. The minimum absolute atomic E-state index is 0.0841. The molecule has 2 N–H and O–H groups in total. The molecule has 206 valence electrons. The quantitative estimate of drug-likeness (QED) is 0.180. The first-order chi connectivity index (χ1) is 20.2. The lowest BCUT2D eigenvalue weighted by Crippen LogP contribution is -2.34. The second-order valence-electron chi connectivity index (χ2n) is 10.2. The summed E-state index contributed by atoms with van der Waals surface area (Å²) in [6.45, 7) is 2.03. The maximum absolute atomic E-state index is 9.83. The van der Waals surface area contributed by atoms with Crippen LogP contribution in [0.4, 0.5) is 0 Å². The molecule has 1 aliphatic rings. The Morgan fingerprint density at radius 2 is 1.05 bits per heavy atom. The molecular weight excluding hydrogens is 508 g/mol. The van der Waals surface area contributed by atoms with E-state index in [0.717, 1.165) is 62.1 Å². The minimum atomic E-state index is -1.28. The average Bonchev–Trinajstić information content (AvgIpc) is 3.31. The van der Waals surface area contributed by atoms with Crippen molar-refractivity contribution in [2.24, 2.45) is 0 Å². The molecule has 5 aromatic carbocycles. The lowest BCUT2D eigenvalue weighted by atomic mass is 9.89. The van der Waals surface area contributed by atoms with Crippen molar-refractivity contribution in [1.29, 1.82) is 0 Å². The number of hydrogen-bond acceptors (Lipinski definition) is 4. The smallest absolute Gasteiger partial charge is 0.223 e. The van der Waals surface area contributed by atoms with Gasteiger partial charge in [-0.3, -0.25) is 0 Å². The Hall–Kier alpha value is -4.06. The number of aliphatic hydroxyl groups excluding tert-OH is 2. The summed E-state index contributed by atoms with van der Waals surface area (Å²) in [6, 6.07) is 40.1. The molecule has 0 aliphatic heterocycles. The van der Waals surface area contributed by atoms with Crippen molar-refractivity contribution in [2.45, 2.75) is 19.1 Å². The Labute approximate surface area is 241 Å². The molecule has 0 saturated heterocycles. The minimum Gasteiger partial charge on any atom is -0.394 e. The van der Waals surface area contributed by atoms with Crippen LogP contribution in [0.25, 0.3) is 44.5 Å². The zero-order chi connectivity index (χ0) is 28.2. The summed E-state index contributed by atoms with van der Waals surface area (Å²) >= 11 is 0. The van der Waals surface area contributed by atoms with Gasteiger partial charge in [-0.25, -0.2) is 0 Å².